The Kier molecular flexibility index (Phi) is 3.69. The number of hydrogen-bond acceptors (Lipinski definition) is 5. The van der Waals surface area contributed by atoms with Crippen molar-refractivity contribution in [3.63, 3.8) is 0 Å². The van der Waals surface area contributed by atoms with E-state index in [-0.39, 0.29) is 17.9 Å². The predicted molar refractivity (Wildman–Crippen MR) is 90.1 cm³/mol. The second kappa shape index (κ2) is 5.89. The predicted octanol–water partition coefficient (Wildman–Crippen LogP) is 1.58. The smallest absolute Gasteiger partial charge is 0.408 e. The van der Waals surface area contributed by atoms with Gasteiger partial charge in [-0.2, -0.15) is 5.10 Å². The van der Waals surface area contributed by atoms with Gasteiger partial charge in [-0.05, 0) is 30.7 Å². The zero-order chi connectivity index (χ0) is 17.6. The summed E-state index contributed by atoms with van der Waals surface area (Å²) in [6.07, 6.45) is 2.03. The number of aryl methyl sites for hydroxylation is 2. The fourth-order valence-corrected chi connectivity index (χ4v) is 3.25. The largest absolute Gasteiger partial charge is 0.419 e. The average molecular weight is 342 g/mol. The van der Waals surface area contributed by atoms with Crippen molar-refractivity contribution in [2.75, 3.05) is 11.9 Å². The Labute approximate surface area is 143 Å². The summed E-state index contributed by atoms with van der Waals surface area (Å²) >= 11 is 0. The topological polar surface area (TPSA) is 91.3 Å². The third-order valence-corrected chi connectivity index (χ3v) is 4.64. The van der Waals surface area contributed by atoms with Gasteiger partial charge in [0, 0.05) is 32.6 Å². The number of amides is 1. The molecule has 0 bridgehead atoms. The molecule has 4 rings (SSSR count). The van der Waals surface area contributed by atoms with Crippen LogP contribution in [0.25, 0.3) is 11.1 Å². The third-order valence-electron chi connectivity index (χ3n) is 4.64. The third kappa shape index (κ3) is 2.64. The van der Waals surface area contributed by atoms with E-state index in [4.69, 9.17) is 9.15 Å². The van der Waals surface area contributed by atoms with Gasteiger partial charge in [-0.15, -0.1) is 0 Å². The van der Waals surface area contributed by atoms with Crippen molar-refractivity contribution in [3.05, 3.63) is 46.7 Å². The summed E-state index contributed by atoms with van der Waals surface area (Å²) in [6, 6.07) is 6.99. The zero-order valence-corrected chi connectivity index (χ0v) is 13.9. The second-order valence-corrected chi connectivity index (χ2v) is 6.16. The van der Waals surface area contributed by atoms with Crippen LogP contribution in [0.5, 0.6) is 0 Å². The van der Waals surface area contributed by atoms with Crippen molar-refractivity contribution >= 4 is 22.7 Å². The molecule has 1 N–H and O–H groups in total. The molecule has 0 unspecified atom stereocenters. The van der Waals surface area contributed by atoms with Crippen LogP contribution in [0.1, 0.15) is 18.2 Å². The molecule has 25 heavy (non-hydrogen) atoms. The maximum atomic E-state index is 12.7. The lowest BCUT2D eigenvalue weighted by molar-refractivity contribution is -0.121. The first-order valence-electron chi connectivity index (χ1n) is 8.04. The Morgan fingerprint density at radius 1 is 1.32 bits per heavy atom. The standard InChI is InChI=1S/C17H18N4O4/c1-20-13-9-10(3-4-14(13)25-17(20)23)19-16(22)11-6-8-24-15(11)12-5-7-18-21(12)2/h3-5,7,9,11,15H,6,8H2,1-2H3,(H,19,22)/t11-,15-/m1/s1. The van der Waals surface area contributed by atoms with Gasteiger partial charge in [0.2, 0.25) is 5.91 Å². The van der Waals surface area contributed by atoms with Crippen LogP contribution in [0, 0.1) is 5.92 Å². The van der Waals surface area contributed by atoms with E-state index >= 15 is 0 Å². The number of nitrogens with one attached hydrogen (secondary N) is 1. The minimum atomic E-state index is -0.432. The molecule has 0 radical (unpaired) electrons. The molecule has 1 aromatic carbocycles. The van der Waals surface area contributed by atoms with Gasteiger partial charge in [0.05, 0.1) is 17.1 Å². The lowest BCUT2D eigenvalue weighted by atomic mass is 9.98. The molecule has 8 heteroatoms. The molecule has 0 saturated carbocycles. The van der Waals surface area contributed by atoms with E-state index in [0.717, 1.165) is 5.69 Å². The lowest BCUT2D eigenvalue weighted by Gasteiger charge is -2.18. The molecule has 0 spiro atoms. The number of hydrogen-bond donors (Lipinski definition) is 1. The Balaban J connectivity index is 1.58. The molecule has 1 saturated heterocycles. The number of fused-ring (bicyclic) bond motifs is 1. The molecule has 8 nitrogen and oxygen atoms in total. The lowest BCUT2D eigenvalue weighted by Crippen LogP contribution is -2.26. The number of rotatable bonds is 3. The molecular formula is C17H18N4O4. The van der Waals surface area contributed by atoms with Crippen molar-refractivity contribution in [1.29, 1.82) is 0 Å². The van der Waals surface area contributed by atoms with Gasteiger partial charge in [-0.3, -0.25) is 14.0 Å². The van der Waals surface area contributed by atoms with E-state index < -0.39 is 5.76 Å². The fraction of sp³-hybridized carbons (Fsp3) is 0.353. The summed E-state index contributed by atoms with van der Waals surface area (Å²) in [4.78, 5) is 24.3. The van der Waals surface area contributed by atoms with Gasteiger partial charge in [-0.1, -0.05) is 0 Å². The summed E-state index contributed by atoms with van der Waals surface area (Å²) in [6.45, 7) is 0.531. The van der Waals surface area contributed by atoms with E-state index in [1.54, 1.807) is 36.1 Å². The molecule has 1 amide bonds. The maximum absolute atomic E-state index is 12.7. The first-order valence-corrected chi connectivity index (χ1v) is 8.04. The fourth-order valence-electron chi connectivity index (χ4n) is 3.25. The molecule has 1 aliphatic heterocycles. The minimum Gasteiger partial charge on any atom is -0.408 e. The number of carbonyl (C=O) groups is 1. The van der Waals surface area contributed by atoms with E-state index in [1.165, 1.54) is 4.57 Å². The van der Waals surface area contributed by atoms with Gasteiger partial charge in [0.1, 0.15) is 6.10 Å². The summed E-state index contributed by atoms with van der Waals surface area (Å²) in [5, 5.41) is 7.07. The first-order chi connectivity index (χ1) is 12.0. The van der Waals surface area contributed by atoms with Gasteiger partial charge >= 0.3 is 5.76 Å². The highest BCUT2D eigenvalue weighted by molar-refractivity contribution is 5.94. The Morgan fingerprint density at radius 3 is 2.92 bits per heavy atom. The monoisotopic (exact) mass is 342 g/mol. The molecule has 3 heterocycles. The number of benzene rings is 1. The summed E-state index contributed by atoms with van der Waals surface area (Å²) < 4.78 is 14.0. The SMILES string of the molecule is Cn1nccc1[C@@H]1OCC[C@H]1C(=O)Nc1ccc2oc(=O)n(C)c2c1. The van der Waals surface area contributed by atoms with E-state index in [9.17, 15) is 9.59 Å². The Hall–Kier alpha value is -2.87. The van der Waals surface area contributed by atoms with Crippen LogP contribution in [-0.4, -0.2) is 26.9 Å². The number of ether oxygens (including phenoxy) is 1. The molecule has 2 aromatic heterocycles. The van der Waals surface area contributed by atoms with E-state index in [1.807, 2.05) is 13.1 Å². The van der Waals surface area contributed by atoms with Crippen molar-refractivity contribution in [1.82, 2.24) is 14.3 Å². The number of carbonyl (C=O) groups excluding carboxylic acids is 1. The number of aromatic nitrogens is 3. The average Bonchev–Trinajstić information content (AvgIpc) is 3.28. The molecule has 0 aliphatic carbocycles. The van der Waals surface area contributed by atoms with Crippen LogP contribution in [0.3, 0.4) is 0 Å². The Morgan fingerprint density at radius 2 is 2.16 bits per heavy atom. The van der Waals surface area contributed by atoms with Crippen LogP contribution in [0.15, 0.2) is 39.7 Å². The van der Waals surface area contributed by atoms with Crippen molar-refractivity contribution < 1.29 is 13.9 Å². The van der Waals surface area contributed by atoms with Crippen LogP contribution in [0.2, 0.25) is 0 Å². The molecule has 3 aromatic rings. The number of anilines is 1. The van der Waals surface area contributed by atoms with Crippen molar-refractivity contribution in [2.24, 2.45) is 20.0 Å². The van der Waals surface area contributed by atoms with Gasteiger partial charge in [0.25, 0.3) is 0 Å². The quantitative estimate of drug-likeness (QED) is 0.780. The second-order valence-electron chi connectivity index (χ2n) is 6.16. The van der Waals surface area contributed by atoms with Gasteiger partial charge in [-0.25, -0.2) is 4.79 Å². The summed E-state index contributed by atoms with van der Waals surface area (Å²) in [5.74, 6) is -0.838. The van der Waals surface area contributed by atoms with Gasteiger partial charge < -0.3 is 14.5 Å². The normalized spacial score (nSPS) is 20.2. The highest BCUT2D eigenvalue weighted by Gasteiger charge is 2.36. The first kappa shape index (κ1) is 15.6. The van der Waals surface area contributed by atoms with Crippen molar-refractivity contribution in [3.8, 4) is 0 Å². The highest BCUT2D eigenvalue weighted by Crippen LogP contribution is 2.35. The molecule has 1 aliphatic rings. The summed E-state index contributed by atoms with van der Waals surface area (Å²) in [5.41, 5.74) is 2.62. The molecule has 130 valence electrons. The van der Waals surface area contributed by atoms with Crippen LogP contribution < -0.4 is 11.1 Å². The van der Waals surface area contributed by atoms with E-state index in [0.29, 0.717) is 29.8 Å². The van der Waals surface area contributed by atoms with Crippen LogP contribution in [-0.2, 0) is 23.6 Å². The Bertz CT molecular complexity index is 1000. The molecule has 1 fully saturated rings. The van der Waals surface area contributed by atoms with E-state index in [2.05, 4.69) is 10.4 Å². The molecular weight excluding hydrogens is 324 g/mol. The van der Waals surface area contributed by atoms with Crippen LogP contribution in [0.4, 0.5) is 5.69 Å². The number of oxazole rings is 1. The van der Waals surface area contributed by atoms with Crippen molar-refractivity contribution in [2.45, 2.75) is 12.5 Å². The van der Waals surface area contributed by atoms with Crippen LogP contribution >= 0.6 is 0 Å². The number of nitrogens with zero attached hydrogens (tertiary/aromatic N) is 3. The maximum Gasteiger partial charge on any atom is 0.419 e. The van der Waals surface area contributed by atoms with Gasteiger partial charge in [0.15, 0.2) is 5.58 Å². The zero-order valence-electron chi connectivity index (χ0n) is 13.9. The minimum absolute atomic E-state index is 0.114. The summed E-state index contributed by atoms with van der Waals surface area (Å²) in [7, 11) is 3.46. The highest BCUT2D eigenvalue weighted by atomic mass is 16.5. The molecule has 2 atom stereocenters.